The van der Waals surface area contributed by atoms with E-state index in [0.717, 1.165) is 0 Å². The van der Waals surface area contributed by atoms with E-state index in [1.807, 2.05) is 27.7 Å². The van der Waals surface area contributed by atoms with Gasteiger partial charge in [0, 0.05) is 0 Å². The molecule has 1 fully saturated rings. The molecule has 0 bridgehead atoms. The lowest BCUT2D eigenvalue weighted by atomic mass is 9.55. The van der Waals surface area contributed by atoms with Gasteiger partial charge in [-0.3, -0.25) is 0 Å². The van der Waals surface area contributed by atoms with Crippen LogP contribution in [0, 0.1) is 0 Å². The van der Waals surface area contributed by atoms with Crippen LogP contribution in [0.25, 0.3) is 43.8 Å². The van der Waals surface area contributed by atoms with Gasteiger partial charge in [0.05, 0.1) is 11.2 Å². The van der Waals surface area contributed by atoms with Crippen molar-refractivity contribution in [1.29, 1.82) is 0 Å². The minimum absolute atomic E-state index is 0.000804. The van der Waals surface area contributed by atoms with Gasteiger partial charge in [-0.15, -0.1) is 27.3 Å². The minimum atomic E-state index is -0.908. The first kappa shape index (κ1) is 38.4. The zero-order chi connectivity index (χ0) is 38.1. The fourth-order valence-electron chi connectivity index (χ4n) is 6.77. The maximum atomic E-state index is 6.91. The maximum Gasteiger partial charge on any atom is 0.494 e. The van der Waals surface area contributed by atoms with E-state index in [4.69, 9.17) is 135 Å². The Morgan fingerprint density at radius 2 is 0.686 bits per heavy atom. The molecule has 1 aliphatic heterocycles. The second kappa shape index (κ2) is 12.6. The molecule has 51 heavy (non-hydrogen) atoms. The molecule has 0 spiro atoms. The Bertz CT molecular complexity index is 2380. The summed E-state index contributed by atoms with van der Waals surface area (Å²) in [5, 5.41) is 0.707. The van der Waals surface area contributed by atoms with Crippen molar-refractivity contribution in [2.45, 2.75) is 38.9 Å². The van der Waals surface area contributed by atoms with Gasteiger partial charge in [0.15, 0.2) is 0 Å². The van der Waals surface area contributed by atoms with E-state index in [-0.39, 0.29) is 131 Å². The number of hydrogen-bond donors (Lipinski definition) is 0. The highest BCUT2D eigenvalue weighted by molar-refractivity contribution is 6.75. The van der Waals surface area contributed by atoms with E-state index < -0.39 is 18.3 Å². The molecule has 0 aliphatic carbocycles. The Hall–Kier alpha value is -2.36. The largest absolute Gasteiger partial charge is 0.494 e. The zero-order valence-electron chi connectivity index (χ0n) is 28.7. The molecule has 5 aromatic carbocycles. The van der Waals surface area contributed by atoms with Gasteiger partial charge in [0.2, 0.25) is 0 Å². The first-order chi connectivity index (χ1) is 23.5. The standard InChI is InChI=1S/C32H13B17O2/c1-31(2)32(3,4)51-49(50-31)7-5-6(15(33)27(45)16(7)34)8-17(35)13-14(23(41)19(8)37)18(36)11(22(40)24(13)42)9-10-12(25(43)28(46)20(9)38)26(44)30(48)29(47)21(10)39/h5H,1-4H3. The van der Waals surface area contributed by atoms with Gasteiger partial charge in [0.25, 0.3) is 0 Å². The summed E-state index contributed by atoms with van der Waals surface area (Å²) in [4.78, 5) is 0. The van der Waals surface area contributed by atoms with Crippen molar-refractivity contribution in [2.75, 3.05) is 0 Å². The van der Waals surface area contributed by atoms with Crippen LogP contribution in [0.15, 0.2) is 6.07 Å². The van der Waals surface area contributed by atoms with Gasteiger partial charge >= 0.3 is 7.12 Å². The van der Waals surface area contributed by atoms with E-state index in [2.05, 4.69) is 0 Å². The summed E-state index contributed by atoms with van der Waals surface area (Å²) in [7, 11) is 104. The van der Waals surface area contributed by atoms with E-state index in [0.29, 0.717) is 5.46 Å². The van der Waals surface area contributed by atoms with Crippen LogP contribution < -0.4 is 92.9 Å². The first-order valence-corrected chi connectivity index (χ1v) is 15.6. The molecular formula is C32H13B17O2. The summed E-state index contributed by atoms with van der Waals surface area (Å²) in [6.07, 6.45) is 0. The third kappa shape index (κ3) is 5.32. The molecular weight excluding hydrogens is 600 g/mol. The van der Waals surface area contributed by atoms with Gasteiger partial charge in [-0.25, -0.2) is 0 Å². The monoisotopic (exact) mass is 616 g/mol. The zero-order valence-corrected chi connectivity index (χ0v) is 28.7. The summed E-state index contributed by atoms with van der Waals surface area (Å²) in [6.45, 7) is 7.61. The van der Waals surface area contributed by atoms with E-state index >= 15 is 0 Å². The Morgan fingerprint density at radius 1 is 0.353 bits per heavy atom. The van der Waals surface area contributed by atoms with E-state index in [1.54, 1.807) is 6.07 Å². The molecule has 0 amide bonds. The summed E-state index contributed by atoms with van der Waals surface area (Å²) in [6, 6.07) is 1.64. The molecule has 32 radical (unpaired) electrons. The average Bonchev–Trinajstić information content (AvgIpc) is 3.28. The minimum Gasteiger partial charge on any atom is -0.399 e. The van der Waals surface area contributed by atoms with Crippen LogP contribution in [-0.4, -0.2) is 144 Å². The molecule has 6 rings (SSSR count). The highest BCUT2D eigenvalue weighted by Gasteiger charge is 2.52. The Balaban J connectivity index is 1.71. The molecule has 0 atom stereocenters. The normalized spacial score (nSPS) is 15.3. The highest BCUT2D eigenvalue weighted by atomic mass is 16.7. The van der Waals surface area contributed by atoms with Crippen molar-refractivity contribution >= 4 is 247 Å². The van der Waals surface area contributed by atoms with Crippen LogP contribution in [0.5, 0.6) is 0 Å². The van der Waals surface area contributed by atoms with Crippen molar-refractivity contribution in [3.05, 3.63) is 6.07 Å². The van der Waals surface area contributed by atoms with Gasteiger partial charge < -0.3 is 9.31 Å². The van der Waals surface area contributed by atoms with Crippen LogP contribution >= 0.6 is 0 Å². The van der Waals surface area contributed by atoms with Gasteiger partial charge in [-0.05, 0) is 77.0 Å². The van der Waals surface area contributed by atoms with Crippen molar-refractivity contribution in [3.63, 3.8) is 0 Å². The van der Waals surface area contributed by atoms with Crippen molar-refractivity contribution < 1.29 is 9.31 Å². The van der Waals surface area contributed by atoms with Crippen molar-refractivity contribution in [3.8, 4) is 22.3 Å². The quantitative estimate of drug-likeness (QED) is 0.189. The number of fused-ring (bicyclic) bond motifs is 2. The maximum absolute atomic E-state index is 6.91. The number of benzene rings is 5. The average molecular weight is 613 g/mol. The topological polar surface area (TPSA) is 18.5 Å². The lowest BCUT2D eigenvalue weighted by Gasteiger charge is -2.32. The van der Waals surface area contributed by atoms with Gasteiger partial charge in [0.1, 0.15) is 126 Å². The Morgan fingerprint density at radius 3 is 1.18 bits per heavy atom. The molecule has 0 aromatic heterocycles. The summed E-state index contributed by atoms with van der Waals surface area (Å²) in [5.74, 6) is 0. The van der Waals surface area contributed by atoms with Crippen LogP contribution in [0.4, 0.5) is 0 Å². The van der Waals surface area contributed by atoms with Crippen LogP contribution in [0.2, 0.25) is 0 Å². The predicted octanol–water partition coefficient (Wildman–Crippen LogP) is -11.7. The van der Waals surface area contributed by atoms with E-state index in [9.17, 15) is 0 Å². The smallest absolute Gasteiger partial charge is 0.399 e. The first-order valence-electron chi connectivity index (χ1n) is 15.6. The lowest BCUT2D eigenvalue weighted by Crippen LogP contribution is -2.55. The molecule has 1 saturated heterocycles. The molecule has 0 N–H and O–H groups in total. The fourth-order valence-corrected chi connectivity index (χ4v) is 6.77. The highest BCUT2D eigenvalue weighted by Crippen LogP contribution is 2.36. The number of hydrogen-bond acceptors (Lipinski definition) is 2. The molecule has 0 saturated carbocycles. The van der Waals surface area contributed by atoms with Crippen LogP contribution in [0.1, 0.15) is 27.7 Å². The predicted molar refractivity (Wildman–Crippen MR) is 234 cm³/mol. The molecule has 2 nitrogen and oxygen atoms in total. The molecule has 0 unspecified atom stereocenters. The van der Waals surface area contributed by atoms with Crippen molar-refractivity contribution in [2.24, 2.45) is 0 Å². The molecule has 1 heterocycles. The Kier molecular flexibility index (Phi) is 9.49. The third-order valence-corrected chi connectivity index (χ3v) is 10.5. The third-order valence-electron chi connectivity index (χ3n) is 10.5. The molecule has 5 aromatic rings. The fraction of sp³-hybridized carbons (Fsp3) is 0.188. The van der Waals surface area contributed by atoms with Crippen molar-refractivity contribution in [1.82, 2.24) is 0 Å². The lowest BCUT2D eigenvalue weighted by molar-refractivity contribution is 0.00578. The molecule has 204 valence electrons. The second-order valence-corrected chi connectivity index (χ2v) is 13.8. The second-order valence-electron chi connectivity index (χ2n) is 13.8. The Labute approximate surface area is 322 Å². The SMILES string of the molecule is [B]c1c(B2OC(C)(C)C(C)(C)O2)cc(-c2c([B])c([B])c3c([B])c(-c4c([B])c([B])c([B])c5c([B])c([B])c([B])c([B])c45)c([B])c([B])c3c2[B])c([B])c1[B]. The molecule has 1 aliphatic rings. The van der Waals surface area contributed by atoms with Gasteiger partial charge in [-0.1, -0.05) is 66.2 Å². The molecule has 19 heteroatoms. The summed E-state index contributed by atoms with van der Waals surface area (Å²) >= 11 is 0. The number of rotatable bonds is 3. The van der Waals surface area contributed by atoms with Gasteiger partial charge in [-0.2, -0.15) is 0 Å². The van der Waals surface area contributed by atoms with Crippen LogP contribution in [0.3, 0.4) is 0 Å². The van der Waals surface area contributed by atoms with Crippen LogP contribution in [-0.2, 0) is 9.31 Å². The van der Waals surface area contributed by atoms with E-state index in [1.165, 1.54) is 0 Å². The summed E-state index contributed by atoms with van der Waals surface area (Å²) < 4.78 is 12.5. The summed E-state index contributed by atoms with van der Waals surface area (Å²) in [5.41, 5.74) is -0.143.